The zero-order valence-corrected chi connectivity index (χ0v) is 6.59. The van der Waals surface area contributed by atoms with Gasteiger partial charge in [0.25, 0.3) is 0 Å². The molecule has 1 rings (SSSR count). The van der Waals surface area contributed by atoms with E-state index in [2.05, 4.69) is 0 Å². The highest BCUT2D eigenvalue weighted by molar-refractivity contribution is 5.39. The maximum absolute atomic E-state index is 12.9. The van der Waals surface area contributed by atoms with E-state index in [0.29, 0.717) is 0 Å². The van der Waals surface area contributed by atoms with Gasteiger partial charge in [-0.05, 0) is 6.92 Å². The molecule has 0 aromatic heterocycles. The van der Waals surface area contributed by atoms with Crippen molar-refractivity contribution in [2.45, 2.75) is 6.92 Å². The van der Waals surface area contributed by atoms with Crippen molar-refractivity contribution in [2.75, 3.05) is 0 Å². The van der Waals surface area contributed by atoms with E-state index in [9.17, 15) is 17.6 Å². The molecule has 0 fully saturated rings. The van der Waals surface area contributed by atoms with E-state index in [1.807, 2.05) is 0 Å². The highest BCUT2D eigenvalue weighted by atomic mass is 19.2. The first-order valence-electron chi connectivity index (χ1n) is 3.29. The van der Waals surface area contributed by atoms with Crippen molar-refractivity contribution in [1.82, 2.24) is 0 Å². The predicted octanol–water partition coefficient (Wildman–Crippen LogP) is 2.53. The van der Waals surface area contributed by atoms with Crippen molar-refractivity contribution in [1.29, 1.82) is 0 Å². The second-order valence-electron chi connectivity index (χ2n) is 2.40. The molecule has 0 nitrogen and oxygen atoms in total. The minimum atomic E-state index is -1.74. The average Bonchev–Trinajstić information content (AvgIpc) is 2.13. The van der Waals surface area contributed by atoms with Gasteiger partial charge in [0, 0.05) is 5.56 Å². The van der Waals surface area contributed by atoms with E-state index in [-0.39, 0.29) is 0 Å². The number of halogens is 4. The molecule has 1 aromatic rings. The molecule has 0 spiro atoms. The summed E-state index contributed by atoms with van der Waals surface area (Å²) in [7, 11) is 0. The largest absolute Gasteiger partial charge is 0.205 e. The normalized spacial score (nSPS) is 9.85. The van der Waals surface area contributed by atoms with Crippen LogP contribution in [0, 0.1) is 42.5 Å². The number of terminal acetylenes is 1. The minimum absolute atomic E-state index is 0.619. The Kier molecular flexibility index (Phi) is 2.28. The van der Waals surface area contributed by atoms with E-state index >= 15 is 0 Å². The molecular formula is C9H4F4. The van der Waals surface area contributed by atoms with Gasteiger partial charge in [-0.15, -0.1) is 6.42 Å². The van der Waals surface area contributed by atoms with Crippen LogP contribution < -0.4 is 0 Å². The fraction of sp³-hybridized carbons (Fsp3) is 0.111. The molecule has 0 atom stereocenters. The summed E-state index contributed by atoms with van der Waals surface area (Å²) in [6.45, 7) is 0.980. The fourth-order valence-corrected chi connectivity index (χ4v) is 0.878. The molecule has 0 radical (unpaired) electrons. The lowest BCUT2D eigenvalue weighted by molar-refractivity contribution is 0.426. The van der Waals surface area contributed by atoms with Crippen molar-refractivity contribution in [3.05, 3.63) is 34.4 Å². The van der Waals surface area contributed by atoms with Crippen LogP contribution in [0.2, 0.25) is 0 Å². The highest BCUT2D eigenvalue weighted by Crippen LogP contribution is 2.22. The highest BCUT2D eigenvalue weighted by Gasteiger charge is 2.21. The van der Waals surface area contributed by atoms with Crippen LogP contribution >= 0.6 is 0 Å². The van der Waals surface area contributed by atoms with Gasteiger partial charge >= 0.3 is 0 Å². The van der Waals surface area contributed by atoms with Crippen LogP contribution in [0.5, 0.6) is 0 Å². The Morgan fingerprint density at radius 2 is 1.46 bits per heavy atom. The summed E-state index contributed by atoms with van der Waals surface area (Å²) in [6, 6.07) is 0. The van der Waals surface area contributed by atoms with Gasteiger partial charge in [-0.2, -0.15) is 0 Å². The van der Waals surface area contributed by atoms with E-state index in [1.165, 1.54) is 0 Å². The van der Waals surface area contributed by atoms with E-state index in [0.717, 1.165) is 6.92 Å². The molecule has 4 heteroatoms. The number of benzene rings is 1. The van der Waals surface area contributed by atoms with Crippen molar-refractivity contribution >= 4 is 0 Å². The molecule has 68 valence electrons. The Labute approximate surface area is 72.2 Å². The first-order valence-corrected chi connectivity index (χ1v) is 3.29. The maximum atomic E-state index is 12.9. The van der Waals surface area contributed by atoms with Gasteiger partial charge in [-0.25, -0.2) is 17.6 Å². The summed E-state index contributed by atoms with van der Waals surface area (Å²) in [5.74, 6) is -4.58. The van der Waals surface area contributed by atoms with Crippen LogP contribution in [-0.2, 0) is 0 Å². The molecule has 13 heavy (non-hydrogen) atoms. The summed E-state index contributed by atoms with van der Waals surface area (Å²) >= 11 is 0. The Morgan fingerprint density at radius 1 is 0.923 bits per heavy atom. The summed E-state index contributed by atoms with van der Waals surface area (Å²) in [5, 5.41) is 0. The maximum Gasteiger partial charge on any atom is 0.196 e. The Balaban J connectivity index is 3.69. The standard InChI is InChI=1S/C9H4F4/c1-3-5-6(10)4(2)7(11)9(13)8(5)12/h1H,2H3. The second kappa shape index (κ2) is 3.09. The van der Waals surface area contributed by atoms with Gasteiger partial charge in [0.05, 0.1) is 5.56 Å². The molecule has 0 amide bonds. The first-order chi connectivity index (χ1) is 6.00. The fourth-order valence-electron chi connectivity index (χ4n) is 0.878. The third kappa shape index (κ3) is 1.26. The van der Waals surface area contributed by atoms with Crippen LogP contribution in [0.15, 0.2) is 0 Å². The van der Waals surface area contributed by atoms with Crippen LogP contribution in [0.3, 0.4) is 0 Å². The van der Waals surface area contributed by atoms with Gasteiger partial charge in [0.1, 0.15) is 5.82 Å². The second-order valence-corrected chi connectivity index (χ2v) is 2.40. The van der Waals surface area contributed by atoms with E-state index in [4.69, 9.17) is 6.42 Å². The average molecular weight is 188 g/mol. The molecule has 0 N–H and O–H groups in total. The van der Waals surface area contributed by atoms with Crippen molar-refractivity contribution in [2.24, 2.45) is 0 Å². The minimum Gasteiger partial charge on any atom is -0.205 e. The smallest absolute Gasteiger partial charge is 0.196 e. The topological polar surface area (TPSA) is 0 Å². The third-order valence-corrected chi connectivity index (χ3v) is 1.63. The first kappa shape index (κ1) is 9.59. The summed E-state index contributed by atoms with van der Waals surface area (Å²) in [4.78, 5) is 0. The summed E-state index contributed by atoms with van der Waals surface area (Å²) < 4.78 is 50.9. The third-order valence-electron chi connectivity index (χ3n) is 1.63. The SMILES string of the molecule is C#Cc1c(F)c(C)c(F)c(F)c1F. The van der Waals surface area contributed by atoms with Gasteiger partial charge in [0.15, 0.2) is 17.5 Å². The molecule has 0 aliphatic carbocycles. The molecule has 0 bridgehead atoms. The van der Waals surface area contributed by atoms with Gasteiger partial charge in [-0.1, -0.05) is 5.92 Å². The lowest BCUT2D eigenvalue weighted by atomic mass is 10.1. The van der Waals surface area contributed by atoms with Gasteiger partial charge in [0.2, 0.25) is 0 Å². The van der Waals surface area contributed by atoms with Crippen LogP contribution in [0.1, 0.15) is 11.1 Å². The lowest BCUT2D eigenvalue weighted by Crippen LogP contribution is -2.03. The van der Waals surface area contributed by atoms with Crippen LogP contribution in [-0.4, -0.2) is 0 Å². The van der Waals surface area contributed by atoms with Crippen molar-refractivity contribution in [3.63, 3.8) is 0 Å². The summed E-state index contributed by atoms with van der Waals surface area (Å²) in [5.41, 5.74) is -1.50. The summed E-state index contributed by atoms with van der Waals surface area (Å²) in [6.07, 6.45) is 4.72. The van der Waals surface area contributed by atoms with E-state index in [1.54, 1.807) is 5.92 Å². The molecule has 0 aliphatic rings. The van der Waals surface area contributed by atoms with Gasteiger partial charge in [-0.3, -0.25) is 0 Å². The number of rotatable bonds is 0. The Morgan fingerprint density at radius 3 is 1.92 bits per heavy atom. The molecule has 1 aromatic carbocycles. The van der Waals surface area contributed by atoms with Gasteiger partial charge < -0.3 is 0 Å². The Bertz CT molecular complexity index is 372. The number of hydrogen-bond donors (Lipinski definition) is 0. The Hall–Kier alpha value is -1.50. The molecule has 0 saturated carbocycles. The molecule has 0 aliphatic heterocycles. The molecule has 0 unspecified atom stereocenters. The van der Waals surface area contributed by atoms with Crippen molar-refractivity contribution < 1.29 is 17.6 Å². The van der Waals surface area contributed by atoms with Crippen molar-refractivity contribution in [3.8, 4) is 12.3 Å². The van der Waals surface area contributed by atoms with E-state index < -0.39 is 34.4 Å². The molecule has 0 heterocycles. The zero-order chi connectivity index (χ0) is 10.2. The lowest BCUT2D eigenvalue weighted by Gasteiger charge is -2.04. The predicted molar refractivity (Wildman–Crippen MR) is 38.9 cm³/mol. The monoisotopic (exact) mass is 188 g/mol. The number of hydrogen-bond acceptors (Lipinski definition) is 0. The van der Waals surface area contributed by atoms with Crippen LogP contribution in [0.4, 0.5) is 17.6 Å². The molecular weight excluding hydrogens is 184 g/mol. The molecule has 0 saturated heterocycles. The zero-order valence-electron chi connectivity index (χ0n) is 6.59. The quantitative estimate of drug-likeness (QED) is 0.254. The van der Waals surface area contributed by atoms with Crippen LogP contribution in [0.25, 0.3) is 0 Å².